The summed E-state index contributed by atoms with van der Waals surface area (Å²) in [6.45, 7) is 4.76. The zero-order chi connectivity index (χ0) is 18.8. The third kappa shape index (κ3) is 3.79. The van der Waals surface area contributed by atoms with Crippen LogP contribution >= 0.6 is 0 Å². The van der Waals surface area contributed by atoms with Gasteiger partial charge in [0, 0.05) is 29.2 Å². The highest BCUT2D eigenvalue weighted by atomic mass is 16.1. The molecule has 3 aromatic rings. The van der Waals surface area contributed by atoms with E-state index in [9.17, 15) is 4.79 Å². The summed E-state index contributed by atoms with van der Waals surface area (Å²) in [5.41, 5.74) is 5.07. The fraction of sp³-hybridized carbons (Fsp3) is 0.304. The number of likely N-dealkylation sites (tertiary alicyclic amines) is 1. The molecule has 1 aliphatic heterocycles. The number of hydrogen-bond donors (Lipinski definition) is 1. The third-order valence-electron chi connectivity index (χ3n) is 5.51. The van der Waals surface area contributed by atoms with Gasteiger partial charge in [-0.15, -0.1) is 0 Å². The van der Waals surface area contributed by atoms with Crippen molar-refractivity contribution in [1.82, 2.24) is 9.88 Å². The van der Waals surface area contributed by atoms with Crippen LogP contribution in [-0.2, 0) is 6.54 Å². The van der Waals surface area contributed by atoms with Crippen molar-refractivity contribution in [3.05, 3.63) is 81.1 Å². The molecule has 0 aliphatic carbocycles. The molecule has 0 unspecified atom stereocenters. The van der Waals surface area contributed by atoms with Crippen molar-refractivity contribution >= 4 is 10.9 Å². The standard InChI is InChI=1S/C23H23N3O/c1-16-5-6-22-21(11-16)23(27)13-20(25-22)15-26-9-7-18(8-10-26)19-4-2-3-17(12-19)14-24/h2-6,11-13,18H,7-10,15H2,1H3,(H,25,27). The van der Waals surface area contributed by atoms with Crippen molar-refractivity contribution in [2.45, 2.75) is 32.2 Å². The smallest absolute Gasteiger partial charge is 0.189 e. The number of hydrogen-bond acceptors (Lipinski definition) is 3. The normalized spacial score (nSPS) is 15.7. The Morgan fingerprint density at radius 1 is 1.15 bits per heavy atom. The Morgan fingerprint density at radius 3 is 2.74 bits per heavy atom. The Balaban J connectivity index is 1.45. The van der Waals surface area contributed by atoms with E-state index >= 15 is 0 Å². The number of aryl methyl sites for hydroxylation is 1. The Morgan fingerprint density at radius 2 is 1.96 bits per heavy atom. The predicted octanol–water partition coefficient (Wildman–Crippen LogP) is 4.09. The lowest BCUT2D eigenvalue weighted by atomic mass is 9.88. The predicted molar refractivity (Wildman–Crippen MR) is 108 cm³/mol. The topological polar surface area (TPSA) is 59.9 Å². The summed E-state index contributed by atoms with van der Waals surface area (Å²) in [5.74, 6) is 0.508. The first-order valence-electron chi connectivity index (χ1n) is 9.47. The molecule has 1 fully saturated rings. The second-order valence-corrected chi connectivity index (χ2v) is 7.50. The van der Waals surface area contributed by atoms with Gasteiger partial charge in [-0.1, -0.05) is 23.8 Å². The van der Waals surface area contributed by atoms with Crippen LogP contribution in [0.3, 0.4) is 0 Å². The van der Waals surface area contributed by atoms with Gasteiger partial charge in [0.15, 0.2) is 5.43 Å². The maximum atomic E-state index is 12.4. The van der Waals surface area contributed by atoms with Crippen LogP contribution in [-0.4, -0.2) is 23.0 Å². The average molecular weight is 357 g/mol. The number of aromatic nitrogens is 1. The Hall–Kier alpha value is -2.90. The highest BCUT2D eigenvalue weighted by Crippen LogP contribution is 2.29. The van der Waals surface area contributed by atoms with E-state index in [1.807, 2.05) is 43.3 Å². The lowest BCUT2D eigenvalue weighted by Gasteiger charge is -2.32. The second kappa shape index (κ2) is 7.38. The summed E-state index contributed by atoms with van der Waals surface area (Å²) < 4.78 is 0. The van der Waals surface area contributed by atoms with Crippen LogP contribution < -0.4 is 5.43 Å². The molecular weight excluding hydrogens is 334 g/mol. The number of nitrogens with zero attached hydrogens (tertiary/aromatic N) is 2. The average Bonchev–Trinajstić information content (AvgIpc) is 2.69. The number of H-pyrrole nitrogens is 1. The molecule has 4 heteroatoms. The summed E-state index contributed by atoms with van der Waals surface area (Å²) in [4.78, 5) is 18.2. The minimum Gasteiger partial charge on any atom is -0.357 e. The van der Waals surface area contributed by atoms with E-state index < -0.39 is 0 Å². The number of fused-ring (bicyclic) bond motifs is 1. The molecule has 0 saturated carbocycles. The highest BCUT2D eigenvalue weighted by Gasteiger charge is 2.21. The summed E-state index contributed by atoms with van der Waals surface area (Å²) >= 11 is 0. The molecule has 2 aromatic carbocycles. The Bertz CT molecular complexity index is 1070. The molecule has 136 valence electrons. The molecule has 1 saturated heterocycles. The van der Waals surface area contributed by atoms with Gasteiger partial charge in [0.1, 0.15) is 0 Å². The zero-order valence-electron chi connectivity index (χ0n) is 15.5. The minimum atomic E-state index is 0.0886. The number of nitrogens with one attached hydrogen (secondary N) is 1. The van der Waals surface area contributed by atoms with E-state index in [0.717, 1.165) is 60.2 Å². The van der Waals surface area contributed by atoms with Gasteiger partial charge in [-0.3, -0.25) is 9.69 Å². The second-order valence-electron chi connectivity index (χ2n) is 7.50. The molecule has 4 rings (SSSR count). The zero-order valence-corrected chi connectivity index (χ0v) is 15.5. The highest BCUT2D eigenvalue weighted by molar-refractivity contribution is 5.79. The van der Waals surface area contributed by atoms with Crippen LogP contribution in [0.15, 0.2) is 53.3 Å². The van der Waals surface area contributed by atoms with Gasteiger partial charge in [0.2, 0.25) is 0 Å². The number of aromatic amines is 1. The monoisotopic (exact) mass is 357 g/mol. The number of piperidine rings is 1. The van der Waals surface area contributed by atoms with Gasteiger partial charge in [-0.25, -0.2) is 0 Å². The SMILES string of the molecule is Cc1ccc2[nH]c(CN3CCC(c4cccc(C#N)c4)CC3)cc(=O)c2c1. The Labute approximate surface area is 159 Å². The Kier molecular flexibility index (Phi) is 4.79. The lowest BCUT2D eigenvalue weighted by Crippen LogP contribution is -2.33. The number of pyridine rings is 1. The van der Waals surface area contributed by atoms with E-state index in [1.165, 1.54) is 5.56 Å². The van der Waals surface area contributed by atoms with Gasteiger partial charge >= 0.3 is 0 Å². The van der Waals surface area contributed by atoms with Crippen LogP contribution in [0.5, 0.6) is 0 Å². The van der Waals surface area contributed by atoms with Crippen LogP contribution in [0.1, 0.15) is 41.1 Å². The third-order valence-corrected chi connectivity index (χ3v) is 5.51. The van der Waals surface area contributed by atoms with E-state index in [2.05, 4.69) is 22.0 Å². The van der Waals surface area contributed by atoms with Crippen LogP contribution in [0.25, 0.3) is 10.9 Å². The quantitative estimate of drug-likeness (QED) is 0.768. The summed E-state index contributed by atoms with van der Waals surface area (Å²) in [6, 6.07) is 17.9. The van der Waals surface area contributed by atoms with Crippen LogP contribution in [0.4, 0.5) is 0 Å². The molecule has 0 bridgehead atoms. The molecule has 0 atom stereocenters. The van der Waals surface area contributed by atoms with Crippen molar-refractivity contribution in [2.24, 2.45) is 0 Å². The minimum absolute atomic E-state index is 0.0886. The molecule has 1 aromatic heterocycles. The van der Waals surface area contributed by atoms with E-state index in [0.29, 0.717) is 5.92 Å². The summed E-state index contributed by atoms with van der Waals surface area (Å²) in [7, 11) is 0. The van der Waals surface area contributed by atoms with Crippen molar-refractivity contribution in [2.75, 3.05) is 13.1 Å². The molecule has 0 spiro atoms. The first-order chi connectivity index (χ1) is 13.1. The molecule has 27 heavy (non-hydrogen) atoms. The van der Waals surface area contributed by atoms with Crippen molar-refractivity contribution < 1.29 is 0 Å². The molecule has 1 aliphatic rings. The number of rotatable bonds is 3. The van der Waals surface area contributed by atoms with Gasteiger partial charge < -0.3 is 4.98 Å². The van der Waals surface area contributed by atoms with E-state index in [1.54, 1.807) is 6.07 Å². The first kappa shape index (κ1) is 17.5. The fourth-order valence-electron chi connectivity index (χ4n) is 4.03. The van der Waals surface area contributed by atoms with Crippen LogP contribution in [0, 0.1) is 18.3 Å². The van der Waals surface area contributed by atoms with Gasteiger partial charge in [0.05, 0.1) is 11.6 Å². The van der Waals surface area contributed by atoms with Crippen molar-refractivity contribution in [1.29, 1.82) is 5.26 Å². The molecule has 2 heterocycles. The fourth-order valence-corrected chi connectivity index (χ4v) is 4.03. The number of benzene rings is 2. The molecule has 0 radical (unpaired) electrons. The molecule has 0 amide bonds. The summed E-state index contributed by atoms with van der Waals surface area (Å²) in [5, 5.41) is 9.85. The number of nitriles is 1. The molecule has 4 nitrogen and oxygen atoms in total. The van der Waals surface area contributed by atoms with Gasteiger partial charge in [0.25, 0.3) is 0 Å². The first-order valence-corrected chi connectivity index (χ1v) is 9.47. The van der Waals surface area contributed by atoms with Gasteiger partial charge in [-0.2, -0.15) is 5.26 Å². The van der Waals surface area contributed by atoms with Gasteiger partial charge in [-0.05, 0) is 68.6 Å². The van der Waals surface area contributed by atoms with Crippen LogP contribution in [0.2, 0.25) is 0 Å². The van der Waals surface area contributed by atoms with E-state index in [4.69, 9.17) is 5.26 Å². The maximum absolute atomic E-state index is 12.4. The molecular formula is C23H23N3O. The summed E-state index contributed by atoms with van der Waals surface area (Å²) in [6.07, 6.45) is 2.15. The van der Waals surface area contributed by atoms with Crippen molar-refractivity contribution in [3.8, 4) is 6.07 Å². The molecule has 1 N–H and O–H groups in total. The lowest BCUT2D eigenvalue weighted by molar-refractivity contribution is 0.202. The van der Waals surface area contributed by atoms with E-state index in [-0.39, 0.29) is 5.43 Å². The van der Waals surface area contributed by atoms with Crippen molar-refractivity contribution in [3.63, 3.8) is 0 Å². The largest absolute Gasteiger partial charge is 0.357 e. The maximum Gasteiger partial charge on any atom is 0.189 e.